The molecule has 0 bridgehead atoms. The number of esters is 1. The lowest BCUT2D eigenvalue weighted by atomic mass is 9.78. The average molecular weight is 311 g/mol. The Bertz CT molecular complexity index is 434. The molecule has 5 nitrogen and oxygen atoms in total. The lowest BCUT2D eigenvalue weighted by molar-refractivity contribution is -0.145. The molecule has 2 fully saturated rings. The van der Waals surface area contributed by atoms with Crippen molar-refractivity contribution in [1.82, 2.24) is 4.90 Å². The van der Waals surface area contributed by atoms with E-state index in [1.54, 1.807) is 13.0 Å². The fourth-order valence-corrected chi connectivity index (χ4v) is 3.70. The van der Waals surface area contributed by atoms with E-state index >= 15 is 0 Å². The maximum atomic E-state index is 11.7. The van der Waals surface area contributed by atoms with Crippen LogP contribution in [0, 0.1) is 0 Å². The molecule has 22 heavy (non-hydrogen) atoms. The van der Waals surface area contributed by atoms with Gasteiger partial charge in [-0.05, 0) is 40.7 Å². The molecule has 0 saturated carbocycles. The molecular formula is C17H29NO4. The first-order valence-corrected chi connectivity index (χ1v) is 8.00. The average Bonchev–Trinajstić information content (AvgIpc) is 3.22. The van der Waals surface area contributed by atoms with Gasteiger partial charge >= 0.3 is 5.97 Å². The van der Waals surface area contributed by atoms with Crippen molar-refractivity contribution in [2.24, 2.45) is 0 Å². The van der Waals surface area contributed by atoms with Crippen LogP contribution in [-0.4, -0.2) is 54.4 Å². The van der Waals surface area contributed by atoms with E-state index < -0.39 is 5.97 Å². The number of allylic oxidation sites excluding steroid dienone is 1. The first-order chi connectivity index (χ1) is 10.2. The highest BCUT2D eigenvalue weighted by molar-refractivity contribution is 5.86. The van der Waals surface area contributed by atoms with Crippen molar-refractivity contribution in [3.8, 4) is 0 Å². The lowest BCUT2D eigenvalue weighted by Gasteiger charge is -2.55. The second-order valence-corrected chi connectivity index (χ2v) is 7.48. The summed E-state index contributed by atoms with van der Waals surface area (Å²) >= 11 is 0. The van der Waals surface area contributed by atoms with Gasteiger partial charge in [0, 0.05) is 30.5 Å². The number of rotatable bonds is 5. The Morgan fingerprint density at radius 2 is 1.82 bits per heavy atom. The van der Waals surface area contributed by atoms with E-state index in [1.165, 1.54) is 7.11 Å². The van der Waals surface area contributed by atoms with Crippen molar-refractivity contribution in [2.45, 2.75) is 70.7 Å². The third-order valence-electron chi connectivity index (χ3n) is 4.65. The van der Waals surface area contributed by atoms with Crippen LogP contribution in [-0.2, 0) is 19.0 Å². The van der Waals surface area contributed by atoms with Crippen molar-refractivity contribution < 1.29 is 19.0 Å². The number of hydrogen-bond donors (Lipinski definition) is 0. The van der Waals surface area contributed by atoms with E-state index in [0.717, 1.165) is 26.0 Å². The van der Waals surface area contributed by atoms with Crippen LogP contribution in [0.3, 0.4) is 0 Å². The van der Waals surface area contributed by atoms with Crippen molar-refractivity contribution in [2.75, 3.05) is 20.3 Å². The van der Waals surface area contributed by atoms with Crippen molar-refractivity contribution in [3.63, 3.8) is 0 Å². The molecule has 2 heterocycles. The second-order valence-electron chi connectivity index (χ2n) is 7.48. The first-order valence-electron chi connectivity index (χ1n) is 8.00. The monoisotopic (exact) mass is 311 g/mol. The number of likely N-dealkylation sites (tertiary alicyclic amines) is 1. The number of methoxy groups -OCH3 is 1. The van der Waals surface area contributed by atoms with Gasteiger partial charge in [-0.3, -0.25) is 4.90 Å². The molecule has 0 amide bonds. The maximum Gasteiger partial charge on any atom is 0.372 e. The molecule has 2 rings (SSSR count). The van der Waals surface area contributed by atoms with Crippen molar-refractivity contribution in [1.29, 1.82) is 0 Å². The van der Waals surface area contributed by atoms with E-state index in [0.29, 0.717) is 11.9 Å². The topological polar surface area (TPSA) is 51.3 Å². The Kier molecular flexibility index (Phi) is 4.87. The minimum absolute atomic E-state index is 0.00618. The molecule has 0 aromatic heterocycles. The van der Waals surface area contributed by atoms with Crippen LogP contribution in [0.4, 0.5) is 0 Å². The van der Waals surface area contributed by atoms with Crippen molar-refractivity contribution >= 4 is 5.97 Å². The first kappa shape index (κ1) is 17.3. The third-order valence-corrected chi connectivity index (χ3v) is 4.65. The minimum Gasteiger partial charge on any atom is -0.483 e. The van der Waals surface area contributed by atoms with E-state index in [2.05, 4.69) is 32.6 Å². The highest BCUT2D eigenvalue weighted by Gasteiger charge is 2.48. The highest BCUT2D eigenvalue weighted by Crippen LogP contribution is 2.41. The molecule has 0 spiro atoms. The Labute approximate surface area is 133 Å². The zero-order valence-electron chi connectivity index (χ0n) is 14.6. The second kappa shape index (κ2) is 6.20. The molecule has 0 aromatic carbocycles. The number of carbonyl (C=O) groups is 1. The molecule has 126 valence electrons. The van der Waals surface area contributed by atoms with Gasteiger partial charge in [-0.15, -0.1) is 0 Å². The van der Waals surface area contributed by atoms with Gasteiger partial charge in [0.05, 0.1) is 19.8 Å². The zero-order valence-corrected chi connectivity index (χ0v) is 14.6. The summed E-state index contributed by atoms with van der Waals surface area (Å²) in [4.78, 5) is 14.2. The summed E-state index contributed by atoms with van der Waals surface area (Å²) < 4.78 is 16.1. The quantitative estimate of drug-likeness (QED) is 0.338. The van der Waals surface area contributed by atoms with E-state index in [9.17, 15) is 4.79 Å². The summed E-state index contributed by atoms with van der Waals surface area (Å²) in [5.41, 5.74) is -0.0132. The number of nitrogens with zero attached hydrogens (tertiary/aromatic N) is 1. The summed E-state index contributed by atoms with van der Waals surface area (Å²) in [5.74, 6) is -0.106. The number of piperidine rings is 1. The minimum atomic E-state index is -0.410. The van der Waals surface area contributed by atoms with E-state index in [4.69, 9.17) is 14.2 Å². The van der Waals surface area contributed by atoms with Gasteiger partial charge in [0.1, 0.15) is 6.10 Å². The van der Waals surface area contributed by atoms with Crippen LogP contribution in [0.5, 0.6) is 0 Å². The number of hydrogen-bond acceptors (Lipinski definition) is 5. The molecule has 0 aliphatic carbocycles. The maximum absolute atomic E-state index is 11.7. The number of carbonyl (C=O) groups excluding carboxylic acids is 1. The Balaban J connectivity index is 2.09. The van der Waals surface area contributed by atoms with Gasteiger partial charge in [0.25, 0.3) is 0 Å². The fraction of sp³-hybridized carbons (Fsp3) is 0.824. The molecular weight excluding hydrogens is 282 g/mol. The molecule has 2 saturated heterocycles. The fourth-order valence-electron chi connectivity index (χ4n) is 3.70. The standard InChI is InChI=1S/C17H29NO4/c1-7-14(15(19)20-6)22-12-8-16(2,3)18(10-13-11-21-13)17(4,5)9-12/h7,12-13H,8-11H2,1-6H3. The van der Waals surface area contributed by atoms with Gasteiger partial charge in [0.15, 0.2) is 0 Å². The molecule has 0 aromatic rings. The smallest absolute Gasteiger partial charge is 0.372 e. The van der Waals surface area contributed by atoms with Crippen LogP contribution >= 0.6 is 0 Å². The lowest BCUT2D eigenvalue weighted by Crippen LogP contribution is -2.63. The summed E-state index contributed by atoms with van der Waals surface area (Å²) in [6, 6.07) is 0. The molecule has 0 radical (unpaired) electrons. The van der Waals surface area contributed by atoms with Crippen LogP contribution in [0.25, 0.3) is 0 Å². The normalized spacial score (nSPS) is 28.3. The van der Waals surface area contributed by atoms with E-state index in [1.807, 2.05) is 0 Å². The van der Waals surface area contributed by atoms with Gasteiger partial charge < -0.3 is 14.2 Å². The van der Waals surface area contributed by atoms with E-state index in [-0.39, 0.29) is 17.2 Å². The van der Waals surface area contributed by atoms with Gasteiger partial charge in [0.2, 0.25) is 5.76 Å². The summed E-state index contributed by atoms with van der Waals surface area (Å²) in [5, 5.41) is 0. The van der Waals surface area contributed by atoms with Crippen LogP contribution < -0.4 is 0 Å². The van der Waals surface area contributed by atoms with Gasteiger partial charge in [-0.2, -0.15) is 0 Å². The molecule has 0 N–H and O–H groups in total. The number of epoxide rings is 1. The Morgan fingerprint density at radius 1 is 1.27 bits per heavy atom. The van der Waals surface area contributed by atoms with Crippen LogP contribution in [0.15, 0.2) is 11.8 Å². The Hall–Kier alpha value is -1.07. The zero-order chi connectivity index (χ0) is 16.5. The summed E-state index contributed by atoms with van der Waals surface area (Å²) in [6.07, 6.45) is 3.80. The third kappa shape index (κ3) is 3.82. The molecule has 2 aliphatic rings. The van der Waals surface area contributed by atoms with Gasteiger partial charge in [-0.25, -0.2) is 4.79 Å². The largest absolute Gasteiger partial charge is 0.483 e. The number of ether oxygens (including phenoxy) is 3. The molecule has 1 unspecified atom stereocenters. The summed E-state index contributed by atoms with van der Waals surface area (Å²) in [7, 11) is 1.38. The summed E-state index contributed by atoms with van der Waals surface area (Å²) in [6.45, 7) is 12.6. The van der Waals surface area contributed by atoms with Gasteiger partial charge in [-0.1, -0.05) is 0 Å². The molecule has 5 heteroatoms. The molecule has 2 aliphatic heterocycles. The van der Waals surface area contributed by atoms with Crippen LogP contribution in [0.1, 0.15) is 47.5 Å². The highest BCUT2D eigenvalue weighted by atomic mass is 16.6. The van der Waals surface area contributed by atoms with Crippen LogP contribution in [0.2, 0.25) is 0 Å². The molecule has 1 atom stereocenters. The Morgan fingerprint density at radius 3 is 2.23 bits per heavy atom. The van der Waals surface area contributed by atoms with Crippen molar-refractivity contribution in [3.05, 3.63) is 11.8 Å². The predicted molar refractivity (Wildman–Crippen MR) is 84.5 cm³/mol. The predicted octanol–water partition coefficient (Wildman–Crippen LogP) is 2.50. The SMILES string of the molecule is CC=C(OC1CC(C)(C)N(CC2CO2)C(C)(C)C1)C(=O)OC.